The Kier molecular flexibility index (Phi) is 6.78. The number of anilines is 1. The lowest BCUT2D eigenvalue weighted by atomic mass is 10.2. The second-order valence-electron chi connectivity index (χ2n) is 6.32. The monoisotopic (exact) mass is 384 g/mol. The van der Waals surface area contributed by atoms with Crippen LogP contribution >= 0.6 is 0 Å². The molecular formula is C20H24N4O4. The second kappa shape index (κ2) is 9.68. The van der Waals surface area contributed by atoms with Crippen LogP contribution in [0.5, 0.6) is 11.6 Å². The van der Waals surface area contributed by atoms with E-state index >= 15 is 0 Å². The molecule has 3 rings (SSSR count). The first-order valence-corrected chi connectivity index (χ1v) is 9.40. The lowest BCUT2D eigenvalue weighted by molar-refractivity contribution is -0.145. The summed E-state index contributed by atoms with van der Waals surface area (Å²) in [7, 11) is 0. The number of rotatable bonds is 7. The maximum Gasteiger partial charge on any atom is 0.306 e. The van der Waals surface area contributed by atoms with Crippen molar-refractivity contribution >= 4 is 17.7 Å². The smallest absolute Gasteiger partial charge is 0.306 e. The van der Waals surface area contributed by atoms with Gasteiger partial charge in [-0.2, -0.15) is 0 Å². The van der Waals surface area contributed by atoms with Crippen LogP contribution in [-0.2, 0) is 14.3 Å². The van der Waals surface area contributed by atoms with Gasteiger partial charge < -0.3 is 19.3 Å². The highest BCUT2D eigenvalue weighted by molar-refractivity contribution is 5.81. The molecule has 0 radical (unpaired) electrons. The van der Waals surface area contributed by atoms with Crippen molar-refractivity contribution in [2.45, 2.75) is 19.8 Å². The van der Waals surface area contributed by atoms with Gasteiger partial charge in [-0.15, -0.1) is 10.2 Å². The van der Waals surface area contributed by atoms with E-state index in [1.165, 1.54) is 0 Å². The van der Waals surface area contributed by atoms with E-state index in [4.69, 9.17) is 9.47 Å². The number of hydrogen-bond donors (Lipinski definition) is 0. The first kappa shape index (κ1) is 19.6. The number of carbonyl (C=O) groups is 2. The lowest BCUT2D eigenvalue weighted by Gasteiger charge is -2.35. The highest BCUT2D eigenvalue weighted by atomic mass is 16.5. The molecule has 0 N–H and O–H groups in total. The molecule has 148 valence electrons. The third kappa shape index (κ3) is 5.42. The highest BCUT2D eigenvalue weighted by Gasteiger charge is 2.22. The molecule has 0 saturated carbocycles. The average molecular weight is 384 g/mol. The molecule has 1 fully saturated rings. The molecular weight excluding hydrogens is 360 g/mol. The summed E-state index contributed by atoms with van der Waals surface area (Å²) in [6.07, 6.45) is 0.311. The van der Waals surface area contributed by atoms with Gasteiger partial charge in [0.2, 0.25) is 11.8 Å². The molecule has 28 heavy (non-hydrogen) atoms. The molecule has 0 bridgehead atoms. The SMILES string of the molecule is CCOC(=O)CCC(=O)N1CCN(c2ccc(Oc3ccccc3)nn2)CC1. The summed E-state index contributed by atoms with van der Waals surface area (Å²) >= 11 is 0. The zero-order chi connectivity index (χ0) is 19.8. The van der Waals surface area contributed by atoms with E-state index < -0.39 is 0 Å². The van der Waals surface area contributed by atoms with Crippen molar-refractivity contribution in [2.75, 3.05) is 37.7 Å². The summed E-state index contributed by atoms with van der Waals surface area (Å²) in [5.41, 5.74) is 0. The number of esters is 1. The van der Waals surface area contributed by atoms with Gasteiger partial charge in [-0.3, -0.25) is 9.59 Å². The van der Waals surface area contributed by atoms with Crippen molar-refractivity contribution in [2.24, 2.45) is 0 Å². The molecule has 2 aromatic rings. The van der Waals surface area contributed by atoms with Gasteiger partial charge >= 0.3 is 5.97 Å². The lowest BCUT2D eigenvalue weighted by Crippen LogP contribution is -2.49. The first-order valence-electron chi connectivity index (χ1n) is 9.40. The number of piperazine rings is 1. The molecule has 1 aromatic carbocycles. The molecule has 0 aliphatic carbocycles. The zero-order valence-electron chi connectivity index (χ0n) is 15.9. The van der Waals surface area contributed by atoms with E-state index in [0.717, 1.165) is 5.82 Å². The first-order chi connectivity index (χ1) is 13.7. The molecule has 0 unspecified atom stereocenters. The minimum Gasteiger partial charge on any atom is -0.466 e. The second-order valence-corrected chi connectivity index (χ2v) is 6.32. The van der Waals surface area contributed by atoms with Gasteiger partial charge in [0.25, 0.3) is 0 Å². The van der Waals surface area contributed by atoms with Crippen molar-refractivity contribution < 1.29 is 19.1 Å². The molecule has 1 amide bonds. The average Bonchev–Trinajstić information content (AvgIpc) is 2.74. The Morgan fingerprint density at radius 2 is 1.71 bits per heavy atom. The Morgan fingerprint density at radius 1 is 0.964 bits per heavy atom. The van der Waals surface area contributed by atoms with Gasteiger partial charge in [0.15, 0.2) is 5.82 Å². The number of aromatic nitrogens is 2. The molecule has 1 aliphatic rings. The van der Waals surface area contributed by atoms with E-state index in [2.05, 4.69) is 15.1 Å². The minimum absolute atomic E-state index is 0.0228. The van der Waals surface area contributed by atoms with Gasteiger partial charge in [0.1, 0.15) is 5.75 Å². The number of carbonyl (C=O) groups excluding carboxylic acids is 2. The van der Waals surface area contributed by atoms with Crippen LogP contribution in [0.1, 0.15) is 19.8 Å². The maximum atomic E-state index is 12.2. The third-order valence-electron chi connectivity index (χ3n) is 4.40. The van der Waals surface area contributed by atoms with E-state index in [-0.39, 0.29) is 24.7 Å². The van der Waals surface area contributed by atoms with Gasteiger partial charge in [0, 0.05) is 38.7 Å². The Morgan fingerprint density at radius 3 is 2.36 bits per heavy atom. The maximum absolute atomic E-state index is 12.2. The Hall–Kier alpha value is -3.16. The molecule has 0 atom stereocenters. The summed E-state index contributed by atoms with van der Waals surface area (Å²) in [5, 5.41) is 8.36. The van der Waals surface area contributed by atoms with Crippen LogP contribution in [-0.4, -0.2) is 59.8 Å². The zero-order valence-corrected chi connectivity index (χ0v) is 15.9. The standard InChI is InChI=1S/C20H24N4O4/c1-2-27-20(26)11-10-19(25)24-14-12-23(13-15-24)17-8-9-18(22-21-17)28-16-6-4-3-5-7-16/h3-9H,2,10-15H2,1H3. The van der Waals surface area contributed by atoms with Gasteiger partial charge in [0.05, 0.1) is 13.0 Å². The van der Waals surface area contributed by atoms with Crippen molar-refractivity contribution in [3.8, 4) is 11.6 Å². The molecule has 0 spiro atoms. The normalized spacial score (nSPS) is 13.9. The number of benzene rings is 1. The summed E-state index contributed by atoms with van der Waals surface area (Å²) in [5.74, 6) is 1.54. The predicted octanol–water partition coefficient (Wildman–Crippen LogP) is 2.26. The van der Waals surface area contributed by atoms with Crippen LogP contribution in [0.15, 0.2) is 42.5 Å². The van der Waals surface area contributed by atoms with Crippen molar-refractivity contribution in [1.82, 2.24) is 15.1 Å². The minimum atomic E-state index is -0.331. The summed E-state index contributed by atoms with van der Waals surface area (Å²) in [6.45, 7) is 4.60. The van der Waals surface area contributed by atoms with Crippen LogP contribution in [0.25, 0.3) is 0 Å². The molecule has 8 heteroatoms. The fourth-order valence-electron chi connectivity index (χ4n) is 2.93. The molecule has 1 aliphatic heterocycles. The molecule has 2 heterocycles. The van der Waals surface area contributed by atoms with Crippen LogP contribution < -0.4 is 9.64 Å². The number of amides is 1. The predicted molar refractivity (Wildman–Crippen MR) is 103 cm³/mol. The van der Waals surface area contributed by atoms with E-state index in [9.17, 15) is 9.59 Å². The summed E-state index contributed by atoms with van der Waals surface area (Å²) in [4.78, 5) is 27.5. The Balaban J connectivity index is 1.46. The van der Waals surface area contributed by atoms with Crippen LogP contribution in [0.4, 0.5) is 5.82 Å². The number of ether oxygens (including phenoxy) is 2. The number of hydrogen-bond acceptors (Lipinski definition) is 7. The number of para-hydroxylation sites is 1. The van der Waals surface area contributed by atoms with Gasteiger partial charge in [-0.25, -0.2) is 0 Å². The van der Waals surface area contributed by atoms with Crippen molar-refractivity contribution in [1.29, 1.82) is 0 Å². The number of nitrogens with zero attached hydrogens (tertiary/aromatic N) is 4. The molecule has 1 aromatic heterocycles. The quantitative estimate of drug-likeness (QED) is 0.677. The van der Waals surface area contributed by atoms with E-state index in [1.54, 1.807) is 17.9 Å². The van der Waals surface area contributed by atoms with Crippen LogP contribution in [0.3, 0.4) is 0 Å². The Bertz CT molecular complexity index is 775. The summed E-state index contributed by atoms with van der Waals surface area (Å²) in [6, 6.07) is 13.1. The summed E-state index contributed by atoms with van der Waals surface area (Å²) < 4.78 is 10.5. The molecule has 8 nitrogen and oxygen atoms in total. The van der Waals surface area contributed by atoms with E-state index in [0.29, 0.717) is 44.4 Å². The molecule has 1 saturated heterocycles. The van der Waals surface area contributed by atoms with Crippen molar-refractivity contribution in [3.05, 3.63) is 42.5 Å². The van der Waals surface area contributed by atoms with Crippen molar-refractivity contribution in [3.63, 3.8) is 0 Å². The third-order valence-corrected chi connectivity index (χ3v) is 4.40. The fraction of sp³-hybridized carbons (Fsp3) is 0.400. The highest BCUT2D eigenvalue weighted by Crippen LogP contribution is 2.20. The largest absolute Gasteiger partial charge is 0.466 e. The van der Waals surface area contributed by atoms with Crippen LogP contribution in [0.2, 0.25) is 0 Å². The van der Waals surface area contributed by atoms with Gasteiger partial charge in [-0.05, 0) is 25.1 Å². The van der Waals surface area contributed by atoms with Crippen LogP contribution in [0, 0.1) is 0 Å². The topological polar surface area (TPSA) is 84.9 Å². The Labute approximate surface area is 164 Å². The van der Waals surface area contributed by atoms with E-state index in [1.807, 2.05) is 36.4 Å². The van der Waals surface area contributed by atoms with Gasteiger partial charge in [-0.1, -0.05) is 18.2 Å². The fourth-order valence-corrected chi connectivity index (χ4v) is 2.93.